The van der Waals surface area contributed by atoms with Crippen LogP contribution in [0.3, 0.4) is 0 Å². The molecule has 0 spiro atoms. The molecule has 0 saturated carbocycles. The predicted molar refractivity (Wildman–Crippen MR) is 51.2 cm³/mol. The van der Waals surface area contributed by atoms with Crippen molar-refractivity contribution in [2.75, 3.05) is 19.3 Å². The molecule has 14 heavy (non-hydrogen) atoms. The zero-order valence-corrected chi connectivity index (χ0v) is 9.43. The van der Waals surface area contributed by atoms with Gasteiger partial charge in [-0.3, -0.25) is 8.98 Å². The number of hydrogen-bond acceptors (Lipinski definition) is 4. The van der Waals surface area contributed by atoms with Crippen molar-refractivity contribution in [2.45, 2.75) is 25.9 Å². The molecule has 1 rings (SSSR count). The first-order valence-corrected chi connectivity index (χ1v) is 6.26. The highest BCUT2D eigenvalue weighted by Gasteiger charge is 2.46. The van der Waals surface area contributed by atoms with Gasteiger partial charge in [0, 0.05) is 6.92 Å². The molecule has 1 amide bonds. The molecule has 0 atom stereocenters. The number of carbonyl (C=O) groups excluding carboxylic acids is 1. The number of rotatable bonds is 3. The van der Waals surface area contributed by atoms with Gasteiger partial charge >= 0.3 is 0 Å². The Labute approximate surface area is 84.2 Å². The van der Waals surface area contributed by atoms with E-state index in [-0.39, 0.29) is 5.91 Å². The van der Waals surface area contributed by atoms with E-state index in [1.165, 1.54) is 6.92 Å². The van der Waals surface area contributed by atoms with Crippen molar-refractivity contribution in [1.82, 2.24) is 4.90 Å². The fraction of sp³-hybridized carbons (Fsp3) is 0.875. The Hall–Kier alpha value is -0.620. The maximum Gasteiger partial charge on any atom is 0.265 e. The summed E-state index contributed by atoms with van der Waals surface area (Å²) < 4.78 is 26.9. The van der Waals surface area contributed by atoms with Gasteiger partial charge in [0.1, 0.15) is 5.60 Å². The molecule has 1 aliphatic rings. The van der Waals surface area contributed by atoms with Crippen molar-refractivity contribution in [2.24, 2.45) is 0 Å². The quantitative estimate of drug-likeness (QED) is 0.628. The largest absolute Gasteiger partial charge is 0.337 e. The molecule has 1 fully saturated rings. The van der Waals surface area contributed by atoms with Crippen molar-refractivity contribution in [3.63, 3.8) is 0 Å². The molecule has 1 aliphatic heterocycles. The molecule has 5 nitrogen and oxygen atoms in total. The maximum atomic E-state index is 10.9. The second-order valence-corrected chi connectivity index (χ2v) is 5.27. The van der Waals surface area contributed by atoms with Gasteiger partial charge in [0.25, 0.3) is 10.1 Å². The summed E-state index contributed by atoms with van der Waals surface area (Å²) in [6.07, 6.45) is 1.62. The minimum atomic E-state index is -3.44. The normalized spacial score (nSPS) is 20.4. The number of hydrogen-bond donors (Lipinski definition) is 0. The van der Waals surface area contributed by atoms with E-state index in [4.69, 9.17) is 4.18 Å². The van der Waals surface area contributed by atoms with Gasteiger partial charge in [-0.15, -0.1) is 0 Å². The molecule has 0 N–H and O–H groups in total. The van der Waals surface area contributed by atoms with Crippen molar-refractivity contribution < 1.29 is 17.4 Å². The first-order chi connectivity index (χ1) is 6.28. The van der Waals surface area contributed by atoms with E-state index in [9.17, 15) is 13.2 Å². The second kappa shape index (κ2) is 3.51. The van der Waals surface area contributed by atoms with E-state index < -0.39 is 15.7 Å². The number of likely N-dealkylation sites (tertiary alicyclic amines) is 1. The highest BCUT2D eigenvalue weighted by atomic mass is 32.2. The van der Waals surface area contributed by atoms with Gasteiger partial charge in [0.2, 0.25) is 5.91 Å². The van der Waals surface area contributed by atoms with Crippen molar-refractivity contribution in [1.29, 1.82) is 0 Å². The van der Waals surface area contributed by atoms with Crippen molar-refractivity contribution in [3.8, 4) is 0 Å². The lowest BCUT2D eigenvalue weighted by atomic mass is 9.91. The molecule has 0 bridgehead atoms. The molecular weight excluding hydrogens is 206 g/mol. The van der Waals surface area contributed by atoms with E-state index in [1.54, 1.807) is 4.90 Å². The highest BCUT2D eigenvalue weighted by Crippen LogP contribution is 2.29. The van der Waals surface area contributed by atoms with Gasteiger partial charge < -0.3 is 4.90 Å². The van der Waals surface area contributed by atoms with Crippen molar-refractivity contribution in [3.05, 3.63) is 0 Å². The van der Waals surface area contributed by atoms with Crippen LogP contribution in [0.25, 0.3) is 0 Å². The van der Waals surface area contributed by atoms with Gasteiger partial charge in [0.15, 0.2) is 0 Å². The second-order valence-electron chi connectivity index (χ2n) is 3.70. The molecule has 1 heterocycles. The first-order valence-electron chi connectivity index (χ1n) is 4.44. The molecule has 0 unspecified atom stereocenters. The monoisotopic (exact) mass is 221 g/mol. The first kappa shape index (κ1) is 11.5. The molecular formula is C8H15NO4S. The number of amides is 1. The van der Waals surface area contributed by atoms with Crippen LogP contribution in [0.2, 0.25) is 0 Å². The predicted octanol–water partition coefficient (Wildman–Crippen LogP) is -0.0265. The third kappa shape index (κ3) is 2.45. The molecule has 82 valence electrons. The summed E-state index contributed by atoms with van der Waals surface area (Å²) in [5.41, 5.74) is -0.681. The fourth-order valence-electron chi connectivity index (χ4n) is 1.53. The minimum absolute atomic E-state index is 0.0498. The summed E-state index contributed by atoms with van der Waals surface area (Å²) in [5, 5.41) is 0. The summed E-state index contributed by atoms with van der Waals surface area (Å²) >= 11 is 0. The van der Waals surface area contributed by atoms with Crippen LogP contribution in [-0.2, 0) is 19.1 Å². The van der Waals surface area contributed by atoms with Gasteiger partial charge in [0.05, 0.1) is 19.3 Å². The minimum Gasteiger partial charge on any atom is -0.337 e. The number of carbonyl (C=O) groups is 1. The van der Waals surface area contributed by atoms with Crippen LogP contribution < -0.4 is 0 Å². The standard InChI is InChI=1S/C8H15NO4S/c1-4-8(13-14(3,11)12)5-9(6-8)7(2)10/h4-6H2,1-3H3. The van der Waals surface area contributed by atoms with Crippen molar-refractivity contribution >= 4 is 16.0 Å². The zero-order chi connectivity index (χ0) is 11.0. The van der Waals surface area contributed by atoms with E-state index in [2.05, 4.69) is 0 Å². The summed E-state index contributed by atoms with van der Waals surface area (Å²) in [5.74, 6) is -0.0498. The van der Waals surface area contributed by atoms with Crippen LogP contribution in [0.1, 0.15) is 20.3 Å². The Bertz CT molecular complexity index is 329. The van der Waals surface area contributed by atoms with Crippen LogP contribution in [0.15, 0.2) is 0 Å². The summed E-state index contributed by atoms with van der Waals surface area (Å²) in [6, 6.07) is 0. The lowest BCUT2D eigenvalue weighted by Crippen LogP contribution is -2.64. The lowest BCUT2D eigenvalue weighted by molar-refractivity contribution is -0.148. The smallest absolute Gasteiger partial charge is 0.265 e. The Morgan fingerprint density at radius 2 is 2.00 bits per heavy atom. The van der Waals surface area contributed by atoms with Gasteiger partial charge in [-0.25, -0.2) is 0 Å². The van der Waals surface area contributed by atoms with Crippen LogP contribution in [-0.4, -0.2) is 44.2 Å². The zero-order valence-electron chi connectivity index (χ0n) is 8.61. The van der Waals surface area contributed by atoms with E-state index >= 15 is 0 Å². The highest BCUT2D eigenvalue weighted by molar-refractivity contribution is 7.86. The van der Waals surface area contributed by atoms with Crippen LogP contribution in [0, 0.1) is 0 Å². The summed E-state index contributed by atoms with van der Waals surface area (Å²) in [4.78, 5) is 12.5. The average molecular weight is 221 g/mol. The molecule has 6 heteroatoms. The topological polar surface area (TPSA) is 63.7 Å². The SMILES string of the molecule is CCC1(OS(C)(=O)=O)CN(C(C)=O)C1. The van der Waals surface area contributed by atoms with Gasteiger partial charge in [-0.1, -0.05) is 6.92 Å². The van der Waals surface area contributed by atoms with E-state index in [0.29, 0.717) is 19.5 Å². The Morgan fingerprint density at radius 1 is 1.50 bits per heavy atom. The third-order valence-corrected chi connectivity index (χ3v) is 3.03. The van der Waals surface area contributed by atoms with Crippen LogP contribution in [0.5, 0.6) is 0 Å². The van der Waals surface area contributed by atoms with Crippen LogP contribution in [0.4, 0.5) is 0 Å². The molecule has 0 aliphatic carbocycles. The fourth-order valence-corrected chi connectivity index (χ4v) is 2.39. The Morgan fingerprint density at radius 3 is 2.29 bits per heavy atom. The molecule has 1 saturated heterocycles. The van der Waals surface area contributed by atoms with E-state index in [0.717, 1.165) is 6.26 Å². The molecule has 0 radical (unpaired) electrons. The average Bonchev–Trinajstić information content (AvgIpc) is 1.93. The maximum absolute atomic E-state index is 10.9. The lowest BCUT2D eigenvalue weighted by Gasteiger charge is -2.47. The van der Waals surface area contributed by atoms with Gasteiger partial charge in [-0.05, 0) is 6.42 Å². The molecule has 0 aromatic carbocycles. The number of nitrogens with zero attached hydrogens (tertiary/aromatic N) is 1. The molecule has 0 aromatic rings. The summed E-state index contributed by atoms with van der Waals surface area (Å²) in [6.45, 7) is 4.04. The van der Waals surface area contributed by atoms with Gasteiger partial charge in [-0.2, -0.15) is 8.42 Å². The van der Waals surface area contributed by atoms with E-state index in [1.807, 2.05) is 6.92 Å². The Balaban J connectivity index is 2.62. The molecule has 0 aromatic heterocycles. The summed E-state index contributed by atoms with van der Waals surface area (Å²) in [7, 11) is -3.44. The third-order valence-electron chi connectivity index (χ3n) is 2.38. The van der Waals surface area contributed by atoms with Crippen LogP contribution >= 0.6 is 0 Å². The Kier molecular flexibility index (Phi) is 2.87.